The summed E-state index contributed by atoms with van der Waals surface area (Å²) in [6.07, 6.45) is 6.40. The minimum absolute atomic E-state index is 0.0412. The molecule has 1 aliphatic heterocycles. The Morgan fingerprint density at radius 3 is 2.52 bits per heavy atom. The van der Waals surface area contributed by atoms with Crippen molar-refractivity contribution >= 4 is 29.4 Å². The Morgan fingerprint density at radius 1 is 1.15 bits per heavy atom. The molecule has 5 atom stereocenters. The summed E-state index contributed by atoms with van der Waals surface area (Å²) in [5, 5.41) is 13.6. The van der Waals surface area contributed by atoms with Gasteiger partial charge in [-0.05, 0) is 76.0 Å². The predicted molar refractivity (Wildman–Crippen MR) is 126 cm³/mol. The van der Waals surface area contributed by atoms with Gasteiger partial charge in [0.1, 0.15) is 12.1 Å². The lowest BCUT2D eigenvalue weighted by molar-refractivity contribution is -0.159. The SMILES string of the molecule is CCOC(=O)[C@H](CCc1ccc(Cl)cc1)NC(C)C(=O)N1C2CCCCC2CC[C@H]1C(=O)O. The molecule has 2 aliphatic rings. The largest absolute Gasteiger partial charge is 0.480 e. The van der Waals surface area contributed by atoms with Crippen molar-refractivity contribution in [2.24, 2.45) is 5.92 Å². The zero-order valence-corrected chi connectivity index (χ0v) is 20.2. The Kier molecular flexibility index (Phi) is 9.15. The number of ether oxygens (including phenoxy) is 1. The zero-order chi connectivity index (χ0) is 24.0. The van der Waals surface area contributed by atoms with Crippen molar-refractivity contribution in [3.8, 4) is 0 Å². The van der Waals surface area contributed by atoms with E-state index in [0.29, 0.717) is 30.2 Å². The van der Waals surface area contributed by atoms with Gasteiger partial charge in [0.05, 0.1) is 12.6 Å². The number of amides is 1. The van der Waals surface area contributed by atoms with Crippen molar-refractivity contribution in [2.45, 2.75) is 89.4 Å². The Bertz CT molecular complexity index is 831. The first-order valence-corrected chi connectivity index (χ1v) is 12.4. The number of hydrogen-bond acceptors (Lipinski definition) is 5. The highest BCUT2D eigenvalue weighted by molar-refractivity contribution is 6.30. The summed E-state index contributed by atoms with van der Waals surface area (Å²) < 4.78 is 5.24. The summed E-state index contributed by atoms with van der Waals surface area (Å²) in [5.41, 5.74) is 1.03. The third-order valence-corrected chi connectivity index (χ3v) is 7.19. The highest BCUT2D eigenvalue weighted by Crippen LogP contribution is 2.38. The lowest BCUT2D eigenvalue weighted by atomic mass is 9.76. The van der Waals surface area contributed by atoms with Crippen LogP contribution in [0.1, 0.15) is 64.4 Å². The Morgan fingerprint density at radius 2 is 1.85 bits per heavy atom. The summed E-state index contributed by atoms with van der Waals surface area (Å²) >= 11 is 5.96. The molecule has 0 aromatic heterocycles. The first-order chi connectivity index (χ1) is 15.8. The fraction of sp³-hybridized carbons (Fsp3) is 0.640. The summed E-state index contributed by atoms with van der Waals surface area (Å²) in [6.45, 7) is 3.70. The highest BCUT2D eigenvalue weighted by atomic mass is 35.5. The molecule has 3 rings (SSSR count). The van der Waals surface area contributed by atoms with Gasteiger partial charge in [-0.2, -0.15) is 0 Å². The van der Waals surface area contributed by atoms with Gasteiger partial charge in [-0.1, -0.05) is 36.6 Å². The number of fused-ring (bicyclic) bond motifs is 1. The third kappa shape index (κ3) is 6.48. The van der Waals surface area contributed by atoms with Crippen molar-refractivity contribution in [2.75, 3.05) is 6.61 Å². The maximum absolute atomic E-state index is 13.5. The minimum atomic E-state index is -0.954. The molecule has 0 radical (unpaired) electrons. The number of carboxylic acids is 1. The molecule has 182 valence electrons. The number of carbonyl (C=O) groups excluding carboxylic acids is 2. The number of rotatable bonds is 9. The number of nitrogens with one attached hydrogen (secondary N) is 1. The van der Waals surface area contributed by atoms with E-state index in [2.05, 4.69) is 5.32 Å². The zero-order valence-electron chi connectivity index (χ0n) is 19.5. The number of aryl methyl sites for hydroxylation is 1. The Labute approximate surface area is 200 Å². The number of esters is 1. The van der Waals surface area contributed by atoms with E-state index in [1.165, 1.54) is 0 Å². The van der Waals surface area contributed by atoms with E-state index in [1.807, 2.05) is 12.1 Å². The molecule has 0 spiro atoms. The fourth-order valence-electron chi connectivity index (χ4n) is 5.26. The van der Waals surface area contributed by atoms with Crippen LogP contribution in [0.25, 0.3) is 0 Å². The van der Waals surface area contributed by atoms with E-state index >= 15 is 0 Å². The summed E-state index contributed by atoms with van der Waals surface area (Å²) in [5.74, 6) is -1.25. The van der Waals surface area contributed by atoms with Crippen LogP contribution >= 0.6 is 11.6 Å². The molecule has 1 aromatic carbocycles. The van der Waals surface area contributed by atoms with Crippen LogP contribution in [0, 0.1) is 5.92 Å². The molecular weight excluding hydrogens is 444 g/mol. The smallest absolute Gasteiger partial charge is 0.326 e. The van der Waals surface area contributed by atoms with Crippen molar-refractivity contribution in [1.29, 1.82) is 0 Å². The van der Waals surface area contributed by atoms with Gasteiger partial charge in [0.2, 0.25) is 5.91 Å². The van der Waals surface area contributed by atoms with Gasteiger partial charge < -0.3 is 14.7 Å². The molecule has 0 bridgehead atoms. The monoisotopic (exact) mass is 478 g/mol. The Hall–Kier alpha value is -2.12. The van der Waals surface area contributed by atoms with E-state index in [4.69, 9.17) is 16.3 Å². The van der Waals surface area contributed by atoms with E-state index in [9.17, 15) is 19.5 Å². The quantitative estimate of drug-likeness (QED) is 0.524. The first kappa shape index (κ1) is 25.5. The average molecular weight is 479 g/mol. The van der Waals surface area contributed by atoms with Gasteiger partial charge in [-0.3, -0.25) is 14.9 Å². The van der Waals surface area contributed by atoms with E-state index in [0.717, 1.165) is 37.7 Å². The third-order valence-electron chi connectivity index (χ3n) is 6.94. The topological polar surface area (TPSA) is 95.9 Å². The van der Waals surface area contributed by atoms with Crippen molar-refractivity contribution < 1.29 is 24.2 Å². The van der Waals surface area contributed by atoms with Gasteiger partial charge in [0.25, 0.3) is 0 Å². The molecule has 1 saturated heterocycles. The summed E-state index contributed by atoms with van der Waals surface area (Å²) in [4.78, 5) is 39.7. The van der Waals surface area contributed by atoms with Crippen molar-refractivity contribution in [3.05, 3.63) is 34.9 Å². The molecule has 1 heterocycles. The predicted octanol–water partition coefficient (Wildman–Crippen LogP) is 3.82. The van der Waals surface area contributed by atoms with Crippen LogP contribution in [-0.2, 0) is 25.5 Å². The number of nitrogens with zero attached hydrogens (tertiary/aromatic N) is 1. The van der Waals surface area contributed by atoms with Gasteiger partial charge in [0.15, 0.2) is 0 Å². The van der Waals surface area contributed by atoms with Gasteiger partial charge in [-0.15, -0.1) is 0 Å². The van der Waals surface area contributed by atoms with Crippen molar-refractivity contribution in [1.82, 2.24) is 10.2 Å². The van der Waals surface area contributed by atoms with Crippen LogP contribution in [0.2, 0.25) is 5.02 Å². The van der Waals surface area contributed by atoms with Crippen molar-refractivity contribution in [3.63, 3.8) is 0 Å². The van der Waals surface area contributed by atoms with Crippen LogP contribution in [0.4, 0.5) is 0 Å². The number of benzene rings is 1. The first-order valence-electron chi connectivity index (χ1n) is 12.0. The number of carbonyl (C=O) groups is 3. The number of halogens is 1. The molecule has 1 amide bonds. The summed E-state index contributed by atoms with van der Waals surface area (Å²) in [7, 11) is 0. The number of piperidine rings is 1. The second-order valence-electron chi connectivity index (χ2n) is 9.15. The minimum Gasteiger partial charge on any atom is -0.480 e. The molecule has 1 saturated carbocycles. The normalized spacial score (nSPS) is 24.5. The lowest BCUT2D eigenvalue weighted by Gasteiger charge is -2.48. The van der Waals surface area contributed by atoms with Gasteiger partial charge in [0, 0.05) is 11.1 Å². The van der Waals surface area contributed by atoms with Gasteiger partial charge >= 0.3 is 11.9 Å². The standard InChI is InChI=1S/C25H35ClN2O5/c1-3-33-25(32)20(14-10-17-8-12-19(26)13-9-17)27-16(2)23(29)28-21-7-5-4-6-18(21)11-15-22(28)24(30)31/h8-9,12-13,16,18,20-22,27H,3-7,10-11,14-15H2,1-2H3,(H,30,31)/t16?,18?,20-,21?,22-/m0/s1. The lowest BCUT2D eigenvalue weighted by Crippen LogP contribution is -2.62. The maximum atomic E-state index is 13.5. The molecule has 7 nitrogen and oxygen atoms in total. The van der Waals surface area contributed by atoms with E-state index in [-0.39, 0.29) is 18.6 Å². The van der Waals surface area contributed by atoms with Crippen LogP contribution in [0.3, 0.4) is 0 Å². The molecule has 3 unspecified atom stereocenters. The maximum Gasteiger partial charge on any atom is 0.326 e. The average Bonchev–Trinajstić information content (AvgIpc) is 2.81. The molecule has 33 heavy (non-hydrogen) atoms. The van der Waals surface area contributed by atoms with Crippen LogP contribution < -0.4 is 5.32 Å². The number of aliphatic carboxylic acids is 1. The van der Waals surface area contributed by atoms with E-state index in [1.54, 1.807) is 30.9 Å². The molecule has 1 aliphatic carbocycles. The van der Waals surface area contributed by atoms with Crippen LogP contribution in [0.5, 0.6) is 0 Å². The second kappa shape index (κ2) is 11.8. The molecule has 2 fully saturated rings. The van der Waals surface area contributed by atoms with Crippen LogP contribution in [0.15, 0.2) is 24.3 Å². The highest BCUT2D eigenvalue weighted by Gasteiger charge is 2.45. The summed E-state index contributed by atoms with van der Waals surface area (Å²) in [6, 6.07) is 5.21. The molecule has 2 N–H and O–H groups in total. The number of hydrogen-bond donors (Lipinski definition) is 2. The molecule has 1 aromatic rings. The number of likely N-dealkylation sites (tertiary alicyclic amines) is 1. The van der Waals surface area contributed by atoms with E-state index < -0.39 is 30.1 Å². The second-order valence-corrected chi connectivity index (χ2v) is 9.58. The molecular formula is C25H35ClN2O5. The molecule has 8 heteroatoms. The van der Waals surface area contributed by atoms with Crippen LogP contribution in [-0.4, -0.2) is 58.6 Å². The number of carboxylic acid groups (broad SMARTS) is 1. The van der Waals surface area contributed by atoms with Gasteiger partial charge in [-0.25, -0.2) is 4.79 Å². The fourth-order valence-corrected chi connectivity index (χ4v) is 5.39. The Balaban J connectivity index is 1.72.